The maximum atomic E-state index is 12.5. The van der Waals surface area contributed by atoms with Crippen LogP contribution in [-0.2, 0) is 4.74 Å². The monoisotopic (exact) mass is 361 g/mol. The topological polar surface area (TPSA) is 81.2 Å². The van der Waals surface area contributed by atoms with Crippen molar-refractivity contribution < 1.29 is 14.3 Å². The summed E-state index contributed by atoms with van der Waals surface area (Å²) in [4.78, 5) is 33.0. The van der Waals surface area contributed by atoms with Gasteiger partial charge in [0.25, 0.3) is 5.91 Å². The molecule has 2 aromatic carbocycles. The van der Waals surface area contributed by atoms with E-state index in [0.29, 0.717) is 11.5 Å². The minimum Gasteiger partial charge on any atom is -0.462 e. The Morgan fingerprint density at radius 1 is 1.04 bits per heavy atom. The second kappa shape index (κ2) is 8.23. The highest BCUT2D eigenvalue weighted by Gasteiger charge is 2.17. The van der Waals surface area contributed by atoms with Crippen LogP contribution >= 0.6 is 0 Å². The first-order valence-corrected chi connectivity index (χ1v) is 8.56. The molecule has 27 heavy (non-hydrogen) atoms. The van der Waals surface area contributed by atoms with Crippen molar-refractivity contribution >= 4 is 17.6 Å². The Balaban J connectivity index is 1.96. The molecule has 0 aliphatic carbocycles. The molecule has 6 heteroatoms. The molecule has 1 heterocycles. The first kappa shape index (κ1) is 18.3. The van der Waals surface area contributed by atoms with Gasteiger partial charge in [-0.05, 0) is 43.2 Å². The number of aryl methyl sites for hydroxylation is 1. The number of rotatable bonds is 5. The second-order valence-corrected chi connectivity index (χ2v) is 5.79. The molecule has 6 nitrogen and oxygen atoms in total. The van der Waals surface area contributed by atoms with Crippen LogP contribution in [-0.4, -0.2) is 28.5 Å². The van der Waals surface area contributed by atoms with Crippen molar-refractivity contribution in [2.45, 2.75) is 13.8 Å². The Bertz CT molecular complexity index is 971. The van der Waals surface area contributed by atoms with Gasteiger partial charge in [-0.1, -0.05) is 36.4 Å². The third-order valence-electron chi connectivity index (χ3n) is 3.88. The number of carbonyl (C=O) groups is 2. The smallest absolute Gasteiger partial charge is 0.340 e. The highest BCUT2D eigenvalue weighted by atomic mass is 16.5. The number of hydrogen-bond donors (Lipinski definition) is 1. The van der Waals surface area contributed by atoms with Gasteiger partial charge in [0.05, 0.1) is 17.9 Å². The quantitative estimate of drug-likeness (QED) is 0.698. The minimum atomic E-state index is -0.496. The Morgan fingerprint density at radius 2 is 1.81 bits per heavy atom. The predicted molar refractivity (Wildman–Crippen MR) is 103 cm³/mol. The summed E-state index contributed by atoms with van der Waals surface area (Å²) in [6.45, 7) is 3.68. The van der Waals surface area contributed by atoms with Crippen molar-refractivity contribution in [3.05, 3.63) is 77.9 Å². The van der Waals surface area contributed by atoms with E-state index in [4.69, 9.17) is 4.74 Å². The largest absolute Gasteiger partial charge is 0.462 e. The fraction of sp³-hybridized carbons (Fsp3) is 0.143. The number of anilines is 1. The molecule has 0 spiro atoms. The molecule has 3 rings (SSSR count). The van der Waals surface area contributed by atoms with Gasteiger partial charge < -0.3 is 10.1 Å². The van der Waals surface area contributed by atoms with E-state index in [2.05, 4.69) is 15.3 Å². The molecule has 3 aromatic rings. The number of hydrogen-bond acceptors (Lipinski definition) is 5. The van der Waals surface area contributed by atoms with Gasteiger partial charge >= 0.3 is 5.97 Å². The van der Waals surface area contributed by atoms with E-state index in [1.165, 1.54) is 12.3 Å². The molecule has 0 atom stereocenters. The zero-order valence-corrected chi connectivity index (χ0v) is 15.1. The van der Waals surface area contributed by atoms with Crippen molar-refractivity contribution in [3.63, 3.8) is 0 Å². The summed E-state index contributed by atoms with van der Waals surface area (Å²) in [7, 11) is 0. The average molecular weight is 361 g/mol. The molecular formula is C21H19N3O3. The maximum Gasteiger partial charge on any atom is 0.340 e. The number of aromatic nitrogens is 2. The summed E-state index contributed by atoms with van der Waals surface area (Å²) in [5.74, 6) is -0.421. The van der Waals surface area contributed by atoms with E-state index in [0.717, 1.165) is 11.1 Å². The molecule has 0 saturated heterocycles. The molecule has 0 saturated carbocycles. The molecule has 0 aliphatic rings. The van der Waals surface area contributed by atoms with Crippen LogP contribution in [0.25, 0.3) is 11.1 Å². The van der Waals surface area contributed by atoms with Crippen LogP contribution in [0.1, 0.15) is 33.6 Å². The summed E-state index contributed by atoms with van der Waals surface area (Å²) < 4.78 is 5.15. The van der Waals surface area contributed by atoms with E-state index in [1.807, 2.05) is 36.4 Å². The van der Waals surface area contributed by atoms with Crippen LogP contribution in [0, 0.1) is 6.92 Å². The Kier molecular flexibility index (Phi) is 5.56. The molecular weight excluding hydrogens is 342 g/mol. The van der Waals surface area contributed by atoms with Crippen molar-refractivity contribution in [1.82, 2.24) is 9.97 Å². The van der Waals surface area contributed by atoms with E-state index < -0.39 is 11.9 Å². The van der Waals surface area contributed by atoms with E-state index in [-0.39, 0.29) is 17.9 Å². The van der Waals surface area contributed by atoms with Crippen molar-refractivity contribution in [2.24, 2.45) is 0 Å². The highest BCUT2D eigenvalue weighted by molar-refractivity contribution is 6.07. The van der Waals surface area contributed by atoms with Gasteiger partial charge in [0.2, 0.25) is 0 Å². The highest BCUT2D eigenvalue weighted by Crippen LogP contribution is 2.26. The van der Waals surface area contributed by atoms with Gasteiger partial charge in [0.15, 0.2) is 0 Å². The molecule has 0 radical (unpaired) electrons. The van der Waals surface area contributed by atoms with Gasteiger partial charge in [-0.2, -0.15) is 0 Å². The number of amides is 1. The SMILES string of the molecule is CCOC(=O)c1cc(-c2ccccc2)ccc1NC(=O)c1ccnc(C)n1. The third-order valence-corrected chi connectivity index (χ3v) is 3.88. The van der Waals surface area contributed by atoms with Crippen LogP contribution in [0.4, 0.5) is 5.69 Å². The standard InChI is InChI=1S/C21H19N3O3/c1-3-27-21(26)17-13-16(15-7-5-4-6-8-15)9-10-18(17)24-20(25)19-11-12-22-14(2)23-19/h4-13H,3H2,1-2H3,(H,24,25). The molecule has 0 bridgehead atoms. The van der Waals surface area contributed by atoms with Crippen molar-refractivity contribution in [3.8, 4) is 11.1 Å². The molecule has 0 fully saturated rings. The van der Waals surface area contributed by atoms with E-state index >= 15 is 0 Å². The van der Waals surface area contributed by atoms with E-state index in [9.17, 15) is 9.59 Å². The van der Waals surface area contributed by atoms with Crippen molar-refractivity contribution in [1.29, 1.82) is 0 Å². The number of nitrogens with one attached hydrogen (secondary N) is 1. The fourth-order valence-corrected chi connectivity index (χ4v) is 2.61. The summed E-state index contributed by atoms with van der Waals surface area (Å²) >= 11 is 0. The van der Waals surface area contributed by atoms with Gasteiger partial charge in [0.1, 0.15) is 11.5 Å². The summed E-state index contributed by atoms with van der Waals surface area (Å²) in [6.07, 6.45) is 1.52. The lowest BCUT2D eigenvalue weighted by molar-refractivity contribution is 0.0527. The third kappa shape index (κ3) is 4.36. The first-order valence-electron chi connectivity index (χ1n) is 8.56. The van der Waals surface area contributed by atoms with Gasteiger partial charge in [0, 0.05) is 6.20 Å². The lowest BCUT2D eigenvalue weighted by Gasteiger charge is -2.12. The summed E-state index contributed by atoms with van der Waals surface area (Å²) in [5.41, 5.74) is 2.71. The number of ether oxygens (including phenoxy) is 1. The lowest BCUT2D eigenvalue weighted by Crippen LogP contribution is -2.17. The zero-order valence-electron chi connectivity index (χ0n) is 15.1. The zero-order chi connectivity index (χ0) is 19.2. The van der Waals surface area contributed by atoms with Crippen LogP contribution in [0.2, 0.25) is 0 Å². The summed E-state index contributed by atoms with van der Waals surface area (Å²) in [5, 5.41) is 2.74. The van der Waals surface area contributed by atoms with Crippen LogP contribution < -0.4 is 5.32 Å². The normalized spacial score (nSPS) is 10.3. The molecule has 1 aromatic heterocycles. The Morgan fingerprint density at radius 3 is 2.52 bits per heavy atom. The molecule has 0 aliphatic heterocycles. The van der Waals surface area contributed by atoms with Crippen LogP contribution in [0.15, 0.2) is 60.8 Å². The maximum absolute atomic E-state index is 12.5. The number of carbonyl (C=O) groups excluding carboxylic acids is 2. The Hall–Kier alpha value is -3.54. The van der Waals surface area contributed by atoms with Crippen LogP contribution in [0.5, 0.6) is 0 Å². The van der Waals surface area contributed by atoms with Gasteiger partial charge in [-0.15, -0.1) is 0 Å². The van der Waals surface area contributed by atoms with E-state index in [1.54, 1.807) is 26.0 Å². The first-order chi connectivity index (χ1) is 13.1. The molecule has 1 amide bonds. The molecule has 1 N–H and O–H groups in total. The van der Waals surface area contributed by atoms with Gasteiger partial charge in [-0.25, -0.2) is 14.8 Å². The summed E-state index contributed by atoms with van der Waals surface area (Å²) in [6, 6.07) is 16.4. The number of nitrogens with zero attached hydrogens (tertiary/aromatic N) is 2. The fourth-order valence-electron chi connectivity index (χ4n) is 2.61. The lowest BCUT2D eigenvalue weighted by atomic mass is 10.0. The predicted octanol–water partition coefficient (Wildman–Crippen LogP) is 3.88. The average Bonchev–Trinajstić information content (AvgIpc) is 2.69. The molecule has 136 valence electrons. The molecule has 0 unspecified atom stereocenters. The number of esters is 1. The van der Waals surface area contributed by atoms with Crippen molar-refractivity contribution in [2.75, 3.05) is 11.9 Å². The Labute approximate surface area is 157 Å². The van der Waals surface area contributed by atoms with Crippen LogP contribution in [0.3, 0.4) is 0 Å². The number of benzene rings is 2. The second-order valence-electron chi connectivity index (χ2n) is 5.79. The van der Waals surface area contributed by atoms with Gasteiger partial charge in [-0.3, -0.25) is 4.79 Å². The minimum absolute atomic E-state index is 0.226.